The van der Waals surface area contributed by atoms with Crippen LogP contribution in [-0.4, -0.2) is 65.0 Å². The highest BCUT2D eigenvalue weighted by atomic mass is 16.7. The molecule has 2 atom stereocenters. The fourth-order valence-electron chi connectivity index (χ4n) is 4.87. The van der Waals surface area contributed by atoms with Crippen LogP contribution >= 0.6 is 0 Å². The Kier molecular flexibility index (Phi) is 8.79. The van der Waals surface area contributed by atoms with E-state index in [1.54, 1.807) is 24.3 Å². The molecular weight excluding hydrogens is 580 g/mol. The maximum absolute atomic E-state index is 12.8. The van der Waals surface area contributed by atoms with E-state index >= 15 is 0 Å². The number of epoxide rings is 2. The Morgan fingerprint density at radius 3 is 1.58 bits per heavy atom. The molecule has 0 saturated carbocycles. The van der Waals surface area contributed by atoms with Crippen LogP contribution in [0.2, 0.25) is 0 Å². The van der Waals surface area contributed by atoms with Crippen molar-refractivity contribution in [1.29, 1.82) is 0 Å². The van der Waals surface area contributed by atoms with Crippen molar-refractivity contribution in [3.05, 3.63) is 102 Å². The summed E-state index contributed by atoms with van der Waals surface area (Å²) in [5.41, 5.74) is 4.88. The molecule has 3 aliphatic rings. The van der Waals surface area contributed by atoms with E-state index in [0.717, 1.165) is 35.5 Å². The van der Waals surface area contributed by atoms with Crippen LogP contribution in [0.4, 0.5) is 0 Å². The van der Waals surface area contributed by atoms with Crippen molar-refractivity contribution in [1.82, 2.24) is 0 Å². The average Bonchev–Trinajstić information content (AvgIpc) is 4.00. The zero-order chi connectivity index (χ0) is 30.4. The van der Waals surface area contributed by atoms with Crippen LogP contribution in [0.1, 0.15) is 21.5 Å². The highest BCUT2D eigenvalue weighted by Crippen LogP contribution is 2.40. The molecule has 0 amide bonds. The predicted octanol–water partition coefficient (Wildman–Crippen LogP) is 5.40. The Balaban J connectivity index is 0.869. The molecule has 10 nitrogen and oxygen atoms in total. The van der Waals surface area contributed by atoms with E-state index in [-0.39, 0.29) is 32.6 Å². The van der Waals surface area contributed by atoms with E-state index in [1.165, 1.54) is 0 Å². The Morgan fingerprint density at radius 2 is 1.02 bits per heavy atom. The van der Waals surface area contributed by atoms with Crippen molar-refractivity contribution in [2.75, 3.05) is 46.8 Å². The summed E-state index contributed by atoms with van der Waals surface area (Å²) in [5.74, 6) is 2.72. The normalized spacial score (nSPS) is 17.2. The van der Waals surface area contributed by atoms with Crippen LogP contribution < -0.4 is 23.7 Å². The van der Waals surface area contributed by atoms with Gasteiger partial charge >= 0.3 is 5.97 Å². The topological polar surface area (TPSA) is 107 Å². The monoisotopic (exact) mass is 612 g/mol. The van der Waals surface area contributed by atoms with Gasteiger partial charge in [0, 0.05) is 0 Å². The number of rotatable bonds is 16. The van der Waals surface area contributed by atoms with E-state index in [0.29, 0.717) is 53.9 Å². The number of benzene rings is 4. The summed E-state index contributed by atoms with van der Waals surface area (Å²) >= 11 is 0. The number of esters is 1. The first-order chi connectivity index (χ1) is 22.2. The predicted molar refractivity (Wildman–Crippen MR) is 161 cm³/mol. The molecule has 10 heteroatoms. The second kappa shape index (κ2) is 13.6. The summed E-state index contributed by atoms with van der Waals surface area (Å²) in [6, 6.07) is 25.7. The summed E-state index contributed by atoms with van der Waals surface area (Å²) in [6.07, 6.45) is 1.10. The molecule has 4 aromatic rings. The van der Waals surface area contributed by atoms with Crippen molar-refractivity contribution < 1.29 is 47.4 Å². The lowest BCUT2D eigenvalue weighted by atomic mass is 10.1. The van der Waals surface area contributed by atoms with Gasteiger partial charge in [-0.1, -0.05) is 12.1 Å². The number of ether oxygens (including phenoxy) is 9. The average molecular weight is 613 g/mol. The van der Waals surface area contributed by atoms with Crippen LogP contribution in [-0.2, 0) is 25.4 Å². The molecule has 0 spiro atoms. The first-order valence-electron chi connectivity index (χ1n) is 14.7. The van der Waals surface area contributed by atoms with Crippen LogP contribution in [0, 0.1) is 0 Å². The Hall–Kier alpha value is -4.61. The van der Waals surface area contributed by atoms with Crippen LogP contribution in [0.25, 0.3) is 11.1 Å². The maximum atomic E-state index is 12.8. The van der Waals surface area contributed by atoms with Crippen molar-refractivity contribution in [2.24, 2.45) is 0 Å². The third-order valence-corrected chi connectivity index (χ3v) is 7.43. The summed E-state index contributed by atoms with van der Waals surface area (Å²) in [5, 5.41) is 0. The van der Waals surface area contributed by atoms with Gasteiger partial charge in [0.25, 0.3) is 0 Å². The maximum Gasteiger partial charge on any atom is 0.343 e. The van der Waals surface area contributed by atoms with Crippen molar-refractivity contribution in [2.45, 2.75) is 18.6 Å². The van der Waals surface area contributed by atoms with Crippen molar-refractivity contribution in [3.63, 3.8) is 0 Å². The van der Waals surface area contributed by atoms with E-state index in [1.807, 2.05) is 60.7 Å². The molecule has 0 radical (unpaired) electrons. The van der Waals surface area contributed by atoms with E-state index in [9.17, 15) is 4.79 Å². The molecule has 0 bridgehead atoms. The molecule has 1 aliphatic carbocycles. The van der Waals surface area contributed by atoms with E-state index in [4.69, 9.17) is 42.6 Å². The fraction of sp³-hybridized carbons (Fsp3) is 0.286. The second-order valence-electron chi connectivity index (χ2n) is 10.8. The number of hydrogen-bond donors (Lipinski definition) is 0. The molecule has 2 aliphatic heterocycles. The zero-order valence-corrected chi connectivity index (χ0v) is 24.5. The lowest BCUT2D eigenvalue weighted by molar-refractivity contribution is 0.00806. The number of carbonyl (C=O) groups excluding carboxylic acids is 1. The van der Waals surface area contributed by atoms with Crippen LogP contribution in [0.3, 0.4) is 0 Å². The van der Waals surface area contributed by atoms with E-state index < -0.39 is 5.97 Å². The molecule has 7 rings (SSSR count). The fourth-order valence-corrected chi connectivity index (χ4v) is 4.87. The smallest absolute Gasteiger partial charge is 0.343 e. The molecule has 232 valence electrons. The standard InChI is InChI=1S/C35H32O10/c36-35(23-1-3-26(4-2-23)41-20-37-16-31-18-39-31)45-30-10-12-34-25(15-30)13-24-14-29(9-11-33(24)34)44-22-43-28-7-5-27(6-8-28)42-21-38-17-32-19-40-32/h1-12,14-15,31-32H,13,16-22H2. The molecule has 2 saturated heterocycles. The zero-order valence-electron chi connectivity index (χ0n) is 24.5. The number of hydrogen-bond acceptors (Lipinski definition) is 10. The van der Waals surface area contributed by atoms with Crippen LogP contribution in [0.5, 0.6) is 28.7 Å². The Labute approximate surface area is 260 Å². The number of carbonyl (C=O) groups is 1. The van der Waals surface area contributed by atoms with Gasteiger partial charge in [-0.3, -0.25) is 0 Å². The molecule has 2 fully saturated rings. The molecular formula is C35H32O10. The van der Waals surface area contributed by atoms with Gasteiger partial charge in [0.1, 0.15) is 41.0 Å². The van der Waals surface area contributed by atoms with Gasteiger partial charge in [-0.2, -0.15) is 0 Å². The molecule has 0 N–H and O–H groups in total. The van der Waals surface area contributed by atoms with Gasteiger partial charge in [0.2, 0.25) is 6.79 Å². The van der Waals surface area contributed by atoms with Crippen molar-refractivity contribution >= 4 is 5.97 Å². The van der Waals surface area contributed by atoms with E-state index in [2.05, 4.69) is 0 Å². The van der Waals surface area contributed by atoms with Gasteiger partial charge in [0.15, 0.2) is 13.6 Å². The lowest BCUT2D eigenvalue weighted by Gasteiger charge is -2.11. The molecule has 4 aromatic carbocycles. The highest BCUT2D eigenvalue weighted by Gasteiger charge is 2.23. The Bertz CT molecular complexity index is 1610. The SMILES string of the molecule is O=C(Oc1ccc2c(c1)Cc1cc(OCOc3ccc(OCOCC4CO4)cc3)ccc1-2)c1ccc(OCOCC2CO2)cc1. The lowest BCUT2D eigenvalue weighted by Crippen LogP contribution is -2.09. The molecule has 2 unspecified atom stereocenters. The van der Waals surface area contributed by atoms with Gasteiger partial charge < -0.3 is 42.6 Å². The minimum absolute atomic E-state index is 0.0628. The largest absolute Gasteiger partial charge is 0.468 e. The molecule has 45 heavy (non-hydrogen) atoms. The minimum atomic E-state index is -0.439. The third kappa shape index (κ3) is 7.92. The van der Waals surface area contributed by atoms with Crippen LogP contribution in [0.15, 0.2) is 84.9 Å². The first-order valence-corrected chi connectivity index (χ1v) is 14.7. The quantitative estimate of drug-likeness (QED) is 0.0473. The molecule has 2 heterocycles. The molecule has 0 aromatic heterocycles. The number of fused-ring (bicyclic) bond motifs is 3. The summed E-state index contributed by atoms with van der Waals surface area (Å²) < 4.78 is 49.3. The van der Waals surface area contributed by atoms with Gasteiger partial charge in [-0.05, 0) is 101 Å². The summed E-state index contributed by atoms with van der Waals surface area (Å²) in [7, 11) is 0. The summed E-state index contributed by atoms with van der Waals surface area (Å²) in [4.78, 5) is 12.8. The van der Waals surface area contributed by atoms with Gasteiger partial charge in [-0.25, -0.2) is 4.79 Å². The minimum Gasteiger partial charge on any atom is -0.468 e. The highest BCUT2D eigenvalue weighted by molar-refractivity contribution is 5.91. The Morgan fingerprint density at radius 1 is 0.578 bits per heavy atom. The van der Waals surface area contributed by atoms with Crippen molar-refractivity contribution in [3.8, 4) is 39.9 Å². The first kappa shape index (κ1) is 29.1. The van der Waals surface area contributed by atoms with Gasteiger partial charge in [-0.15, -0.1) is 0 Å². The third-order valence-electron chi connectivity index (χ3n) is 7.43. The second-order valence-corrected chi connectivity index (χ2v) is 10.8. The summed E-state index contributed by atoms with van der Waals surface area (Å²) in [6.45, 7) is 2.93. The van der Waals surface area contributed by atoms with Gasteiger partial charge in [0.05, 0.1) is 32.0 Å².